The van der Waals surface area contributed by atoms with Crippen LogP contribution in [0, 0.1) is 12.8 Å². The lowest BCUT2D eigenvalue weighted by molar-refractivity contribution is 0.106. The highest BCUT2D eigenvalue weighted by atomic mass is 35.5. The number of nitrogens with one attached hydrogen (secondary N) is 1. The van der Waals surface area contributed by atoms with E-state index >= 15 is 0 Å². The summed E-state index contributed by atoms with van der Waals surface area (Å²) in [6.45, 7) is 6.33. The van der Waals surface area contributed by atoms with E-state index in [9.17, 15) is 0 Å². The fourth-order valence-electron chi connectivity index (χ4n) is 3.18. The van der Waals surface area contributed by atoms with Crippen molar-refractivity contribution in [3.05, 3.63) is 42.1 Å². The largest absolute Gasteiger partial charge is 0.474 e. The van der Waals surface area contributed by atoms with Crippen LogP contribution in [0.2, 0.25) is 0 Å². The normalized spacial score (nSPS) is 17.8. The fourth-order valence-corrected chi connectivity index (χ4v) is 3.18. The van der Waals surface area contributed by atoms with E-state index < -0.39 is 0 Å². The van der Waals surface area contributed by atoms with Gasteiger partial charge in [-0.3, -0.25) is 0 Å². The van der Waals surface area contributed by atoms with Crippen molar-refractivity contribution in [2.75, 3.05) is 13.1 Å². The molecule has 0 spiro atoms. The molecule has 0 radical (unpaired) electrons. The molecule has 0 bridgehead atoms. The Balaban J connectivity index is 0.00000156. The van der Waals surface area contributed by atoms with Gasteiger partial charge in [-0.25, -0.2) is 4.98 Å². The van der Waals surface area contributed by atoms with Crippen molar-refractivity contribution in [1.29, 1.82) is 0 Å². The Labute approximate surface area is 162 Å². The number of piperidine rings is 1. The first-order valence-corrected chi connectivity index (χ1v) is 8.54. The topological polar surface area (TPSA) is 47.0 Å². The molecule has 0 saturated carbocycles. The number of rotatable bonds is 5. The Morgan fingerprint density at radius 3 is 2.60 bits per heavy atom. The molecular weight excluding hydrogens is 357 g/mol. The van der Waals surface area contributed by atoms with Gasteiger partial charge in [-0.2, -0.15) is 4.98 Å². The molecule has 0 aliphatic carbocycles. The van der Waals surface area contributed by atoms with Crippen molar-refractivity contribution in [2.24, 2.45) is 5.92 Å². The first-order valence-electron chi connectivity index (χ1n) is 8.54. The summed E-state index contributed by atoms with van der Waals surface area (Å²) in [7, 11) is 0. The van der Waals surface area contributed by atoms with Crippen molar-refractivity contribution < 1.29 is 4.74 Å². The average Bonchev–Trinajstić information content (AvgIpc) is 2.61. The maximum atomic E-state index is 6.25. The lowest BCUT2D eigenvalue weighted by Crippen LogP contribution is -2.39. The maximum Gasteiger partial charge on any atom is 0.217 e. The molecule has 1 saturated heterocycles. The molecule has 2 aromatic rings. The minimum Gasteiger partial charge on any atom is -0.474 e. The lowest BCUT2D eigenvalue weighted by atomic mass is 9.92. The Morgan fingerprint density at radius 1 is 1.20 bits per heavy atom. The van der Waals surface area contributed by atoms with Crippen LogP contribution in [0.4, 0.5) is 0 Å². The van der Waals surface area contributed by atoms with Crippen LogP contribution in [0.1, 0.15) is 31.9 Å². The molecule has 1 N–H and O–H groups in total. The summed E-state index contributed by atoms with van der Waals surface area (Å²) in [6.07, 6.45) is 3.65. The molecule has 138 valence electrons. The summed E-state index contributed by atoms with van der Waals surface area (Å²) in [4.78, 5) is 9.18. The third-order valence-corrected chi connectivity index (χ3v) is 4.40. The number of halogens is 2. The van der Waals surface area contributed by atoms with E-state index in [2.05, 4.69) is 22.2 Å². The molecule has 1 fully saturated rings. The van der Waals surface area contributed by atoms with Gasteiger partial charge in [-0.1, -0.05) is 37.3 Å². The fraction of sp³-hybridized carbons (Fsp3) is 0.474. The highest BCUT2D eigenvalue weighted by Crippen LogP contribution is 2.24. The third-order valence-electron chi connectivity index (χ3n) is 4.40. The zero-order valence-electron chi connectivity index (χ0n) is 14.8. The van der Waals surface area contributed by atoms with Crippen molar-refractivity contribution in [1.82, 2.24) is 15.3 Å². The summed E-state index contributed by atoms with van der Waals surface area (Å²) in [5.41, 5.74) is 1.96. The summed E-state index contributed by atoms with van der Waals surface area (Å²) < 4.78 is 6.25. The van der Waals surface area contributed by atoms with Gasteiger partial charge in [0.15, 0.2) is 5.82 Å². The monoisotopic (exact) mass is 383 g/mol. The van der Waals surface area contributed by atoms with Crippen molar-refractivity contribution >= 4 is 24.8 Å². The smallest absolute Gasteiger partial charge is 0.217 e. The number of benzene rings is 1. The highest BCUT2D eigenvalue weighted by molar-refractivity contribution is 5.85. The zero-order chi connectivity index (χ0) is 16.1. The first-order chi connectivity index (χ1) is 11.3. The number of ether oxygens (including phenoxy) is 1. The Bertz CT molecular complexity index is 634. The Hall–Kier alpha value is -1.36. The summed E-state index contributed by atoms with van der Waals surface area (Å²) in [5.74, 6) is 1.98. The highest BCUT2D eigenvalue weighted by Gasteiger charge is 2.24. The van der Waals surface area contributed by atoms with Crippen LogP contribution in [0.25, 0.3) is 11.4 Å². The van der Waals surface area contributed by atoms with E-state index in [0.29, 0.717) is 11.8 Å². The van der Waals surface area contributed by atoms with Gasteiger partial charge in [-0.05, 0) is 32.7 Å². The predicted molar refractivity (Wildman–Crippen MR) is 107 cm³/mol. The number of hydrogen-bond acceptors (Lipinski definition) is 4. The number of aromatic nitrogens is 2. The van der Waals surface area contributed by atoms with Crippen molar-refractivity contribution in [2.45, 2.75) is 39.2 Å². The van der Waals surface area contributed by atoms with Crippen LogP contribution in [-0.2, 0) is 0 Å². The van der Waals surface area contributed by atoms with Gasteiger partial charge in [0.2, 0.25) is 5.88 Å². The number of hydrogen-bond donors (Lipinski definition) is 1. The van der Waals surface area contributed by atoms with Crippen LogP contribution >= 0.6 is 24.8 Å². The first kappa shape index (κ1) is 21.7. The molecule has 25 heavy (non-hydrogen) atoms. The Morgan fingerprint density at radius 2 is 1.96 bits per heavy atom. The molecular formula is C19H27Cl2N3O. The minimum absolute atomic E-state index is 0. The van der Waals surface area contributed by atoms with Gasteiger partial charge in [-0.15, -0.1) is 24.8 Å². The quantitative estimate of drug-likeness (QED) is 0.827. The standard InChI is InChI=1S/C19H25N3O.2ClH/c1-3-17(16-10-7-11-20-13-16)23-18-12-14(2)21-19(22-18)15-8-5-4-6-9-15;;/h4-6,8-9,12,16-17,20H,3,7,10-11,13H2,1-2H3;2*1H. The molecule has 6 heteroatoms. The second kappa shape index (κ2) is 10.6. The Kier molecular flexibility index (Phi) is 9.19. The second-order valence-corrected chi connectivity index (χ2v) is 6.21. The molecule has 1 aliphatic heterocycles. The summed E-state index contributed by atoms with van der Waals surface area (Å²) in [6, 6.07) is 12.0. The van der Waals surface area contributed by atoms with E-state index in [4.69, 9.17) is 4.74 Å². The minimum atomic E-state index is 0. The van der Waals surface area contributed by atoms with Crippen LogP contribution in [-0.4, -0.2) is 29.2 Å². The number of aryl methyl sites for hydroxylation is 1. The molecule has 2 atom stereocenters. The molecule has 4 nitrogen and oxygen atoms in total. The van der Waals surface area contributed by atoms with Gasteiger partial charge in [0.1, 0.15) is 6.10 Å². The molecule has 2 unspecified atom stereocenters. The maximum absolute atomic E-state index is 6.25. The average molecular weight is 384 g/mol. The SMILES string of the molecule is CCC(Oc1cc(C)nc(-c2ccccc2)n1)C1CCCNC1.Cl.Cl. The van der Waals surface area contributed by atoms with Gasteiger partial charge >= 0.3 is 0 Å². The van der Waals surface area contributed by atoms with E-state index in [1.807, 2.05) is 43.3 Å². The van der Waals surface area contributed by atoms with Crippen LogP contribution < -0.4 is 10.1 Å². The summed E-state index contributed by atoms with van der Waals surface area (Å²) in [5, 5.41) is 3.47. The van der Waals surface area contributed by atoms with Crippen LogP contribution in [0.5, 0.6) is 5.88 Å². The molecule has 1 aromatic carbocycles. The van der Waals surface area contributed by atoms with Crippen LogP contribution in [0.15, 0.2) is 36.4 Å². The van der Waals surface area contributed by atoms with Gasteiger partial charge < -0.3 is 10.1 Å². The van der Waals surface area contributed by atoms with E-state index in [1.54, 1.807) is 0 Å². The van der Waals surface area contributed by atoms with E-state index in [0.717, 1.165) is 36.6 Å². The van der Waals surface area contributed by atoms with E-state index in [-0.39, 0.29) is 30.9 Å². The number of nitrogens with zero attached hydrogens (tertiary/aromatic N) is 2. The molecule has 3 rings (SSSR count). The lowest BCUT2D eigenvalue weighted by Gasteiger charge is -2.30. The molecule has 2 heterocycles. The van der Waals surface area contributed by atoms with E-state index in [1.165, 1.54) is 12.8 Å². The second-order valence-electron chi connectivity index (χ2n) is 6.21. The predicted octanol–water partition coefficient (Wildman–Crippen LogP) is 4.45. The third kappa shape index (κ3) is 5.84. The van der Waals surface area contributed by atoms with Crippen molar-refractivity contribution in [3.8, 4) is 17.3 Å². The molecule has 1 aromatic heterocycles. The van der Waals surface area contributed by atoms with Gasteiger partial charge in [0.05, 0.1) is 0 Å². The molecule has 1 aliphatic rings. The van der Waals surface area contributed by atoms with Gasteiger partial charge in [0.25, 0.3) is 0 Å². The molecule has 0 amide bonds. The summed E-state index contributed by atoms with van der Waals surface area (Å²) >= 11 is 0. The van der Waals surface area contributed by atoms with Crippen molar-refractivity contribution in [3.63, 3.8) is 0 Å². The zero-order valence-corrected chi connectivity index (χ0v) is 16.4. The van der Waals surface area contributed by atoms with Gasteiger partial charge in [0, 0.05) is 29.8 Å². The van der Waals surface area contributed by atoms with Crippen LogP contribution in [0.3, 0.4) is 0 Å².